The number of carbonyl (C=O) groups is 3. The average Bonchev–Trinajstić information content (AvgIpc) is 2.40. The number of thioether (sulfide) groups is 1. The van der Waals surface area contributed by atoms with Gasteiger partial charge in [0.2, 0.25) is 11.8 Å². The van der Waals surface area contributed by atoms with Gasteiger partial charge in [0.25, 0.3) is 0 Å². The number of imide groups is 1. The summed E-state index contributed by atoms with van der Waals surface area (Å²) in [5.74, 6) is -0.489. The fraction of sp³-hybridized carbons (Fsp3) is 0.800. The molecule has 1 saturated heterocycles. The molecule has 0 bridgehead atoms. The summed E-state index contributed by atoms with van der Waals surface area (Å²) in [6, 6.07) is 0. The van der Waals surface area contributed by atoms with Crippen LogP contribution in [0.25, 0.3) is 0 Å². The van der Waals surface area contributed by atoms with Gasteiger partial charge < -0.3 is 0 Å². The topological polar surface area (TPSA) is 54.5 Å². The highest BCUT2D eigenvalue weighted by Crippen LogP contribution is 2.34. The maximum Gasteiger partial charge on any atom is 0.243 e. The molecular weight excluding hydrogens is 274 g/mol. The maximum atomic E-state index is 12.2. The van der Waals surface area contributed by atoms with Gasteiger partial charge in [-0.1, -0.05) is 41.5 Å². The second kappa shape index (κ2) is 5.88. The van der Waals surface area contributed by atoms with Crippen LogP contribution in [0.1, 0.15) is 54.4 Å². The molecule has 1 atom stereocenters. The van der Waals surface area contributed by atoms with Gasteiger partial charge in [-0.15, -0.1) is 11.8 Å². The van der Waals surface area contributed by atoms with Crippen LogP contribution in [-0.2, 0) is 14.4 Å². The third-order valence-corrected chi connectivity index (χ3v) is 4.12. The van der Waals surface area contributed by atoms with Crippen molar-refractivity contribution in [3.63, 3.8) is 0 Å². The molecule has 0 N–H and O–H groups in total. The third-order valence-electron chi connectivity index (χ3n) is 2.76. The van der Waals surface area contributed by atoms with Crippen LogP contribution in [0.15, 0.2) is 0 Å². The molecule has 114 valence electrons. The predicted molar refractivity (Wildman–Crippen MR) is 81.5 cm³/mol. The molecular formula is C15H25NO3S. The number of hydrogen-bond acceptors (Lipinski definition) is 4. The van der Waals surface area contributed by atoms with Gasteiger partial charge in [0.1, 0.15) is 0 Å². The third kappa shape index (κ3) is 5.27. The number of likely N-dealkylation sites (tertiary alicyclic amines) is 1. The number of rotatable bonds is 4. The van der Waals surface area contributed by atoms with Gasteiger partial charge in [-0.05, 0) is 5.41 Å². The van der Waals surface area contributed by atoms with Crippen molar-refractivity contribution >= 4 is 29.4 Å². The van der Waals surface area contributed by atoms with E-state index < -0.39 is 0 Å². The minimum atomic E-state index is -0.343. The minimum Gasteiger partial charge on any atom is -0.298 e. The van der Waals surface area contributed by atoms with Gasteiger partial charge in [-0.2, -0.15) is 0 Å². The SMILES string of the molecule is CC(C)(C)CC(=O)CN1C(=O)CC(SC(C)(C)C)C1=O. The highest BCUT2D eigenvalue weighted by molar-refractivity contribution is 8.01. The van der Waals surface area contributed by atoms with E-state index in [9.17, 15) is 14.4 Å². The molecule has 0 aromatic rings. The first kappa shape index (κ1) is 17.2. The molecule has 0 aliphatic carbocycles. The summed E-state index contributed by atoms with van der Waals surface area (Å²) < 4.78 is -0.0773. The molecule has 1 heterocycles. The van der Waals surface area contributed by atoms with Gasteiger partial charge in [0.05, 0.1) is 11.8 Å². The lowest BCUT2D eigenvalue weighted by atomic mass is 9.90. The minimum absolute atomic E-state index is 0.0550. The number of nitrogens with zero attached hydrogens (tertiary/aromatic N) is 1. The van der Waals surface area contributed by atoms with E-state index >= 15 is 0 Å². The molecule has 1 aliphatic heterocycles. The Balaban J connectivity index is 2.66. The van der Waals surface area contributed by atoms with Crippen LogP contribution in [-0.4, -0.2) is 39.0 Å². The van der Waals surface area contributed by atoms with Crippen molar-refractivity contribution in [1.82, 2.24) is 4.90 Å². The maximum absolute atomic E-state index is 12.2. The molecule has 1 rings (SSSR count). The normalized spacial score (nSPS) is 20.7. The van der Waals surface area contributed by atoms with Crippen LogP contribution in [0.2, 0.25) is 0 Å². The highest BCUT2D eigenvalue weighted by Gasteiger charge is 2.41. The van der Waals surface area contributed by atoms with Crippen molar-refractivity contribution in [2.75, 3.05) is 6.54 Å². The second-order valence-corrected chi connectivity index (χ2v) is 9.55. The molecule has 0 saturated carbocycles. The fourth-order valence-electron chi connectivity index (χ4n) is 2.16. The molecule has 1 unspecified atom stereocenters. The predicted octanol–water partition coefficient (Wildman–Crippen LogP) is 2.65. The zero-order valence-corrected chi connectivity index (χ0v) is 14.1. The lowest BCUT2D eigenvalue weighted by Crippen LogP contribution is -2.37. The van der Waals surface area contributed by atoms with Crippen LogP contribution >= 0.6 is 11.8 Å². The molecule has 0 radical (unpaired) electrons. The molecule has 20 heavy (non-hydrogen) atoms. The summed E-state index contributed by atoms with van der Waals surface area (Å²) in [6.45, 7) is 11.9. The zero-order chi connectivity index (χ0) is 15.7. The van der Waals surface area contributed by atoms with Crippen LogP contribution in [0.3, 0.4) is 0 Å². The van der Waals surface area contributed by atoms with E-state index in [1.807, 2.05) is 41.5 Å². The number of carbonyl (C=O) groups excluding carboxylic acids is 3. The van der Waals surface area contributed by atoms with E-state index in [2.05, 4.69) is 0 Å². The van der Waals surface area contributed by atoms with Gasteiger partial charge >= 0.3 is 0 Å². The van der Waals surface area contributed by atoms with E-state index in [-0.39, 0.29) is 46.0 Å². The molecule has 0 aromatic carbocycles. The quantitative estimate of drug-likeness (QED) is 0.749. The smallest absolute Gasteiger partial charge is 0.243 e. The molecule has 2 amide bonds. The Kier molecular flexibility index (Phi) is 5.06. The summed E-state index contributed by atoms with van der Waals surface area (Å²) in [7, 11) is 0. The van der Waals surface area contributed by atoms with Crippen molar-refractivity contribution in [1.29, 1.82) is 0 Å². The van der Waals surface area contributed by atoms with Crippen LogP contribution in [0.5, 0.6) is 0 Å². The Morgan fingerprint density at radius 3 is 2.20 bits per heavy atom. The number of hydrogen-bond donors (Lipinski definition) is 0. The highest BCUT2D eigenvalue weighted by atomic mass is 32.2. The number of ketones is 1. The van der Waals surface area contributed by atoms with Gasteiger partial charge in [0, 0.05) is 17.6 Å². The van der Waals surface area contributed by atoms with Crippen LogP contribution in [0.4, 0.5) is 0 Å². The monoisotopic (exact) mass is 299 g/mol. The van der Waals surface area contributed by atoms with E-state index in [0.717, 1.165) is 4.90 Å². The first-order valence-corrected chi connectivity index (χ1v) is 7.81. The van der Waals surface area contributed by atoms with E-state index in [4.69, 9.17) is 0 Å². The van der Waals surface area contributed by atoms with Crippen molar-refractivity contribution in [3.8, 4) is 0 Å². The summed E-state index contributed by atoms with van der Waals surface area (Å²) in [5, 5.41) is -0.343. The lowest BCUT2D eigenvalue weighted by molar-refractivity contribution is -0.142. The Hall–Kier alpha value is -0.840. The van der Waals surface area contributed by atoms with E-state index in [1.165, 1.54) is 11.8 Å². The van der Waals surface area contributed by atoms with Gasteiger partial charge in [-0.25, -0.2) is 0 Å². The van der Waals surface area contributed by atoms with Crippen molar-refractivity contribution in [3.05, 3.63) is 0 Å². The van der Waals surface area contributed by atoms with Gasteiger partial charge in [0.15, 0.2) is 5.78 Å². The van der Waals surface area contributed by atoms with Crippen molar-refractivity contribution in [2.24, 2.45) is 5.41 Å². The first-order chi connectivity index (χ1) is 8.89. The van der Waals surface area contributed by atoms with Crippen LogP contribution < -0.4 is 0 Å². The molecule has 1 fully saturated rings. The molecule has 1 aliphatic rings. The molecule has 0 spiro atoms. The standard InChI is InChI=1S/C15H25NO3S/c1-14(2,3)8-10(17)9-16-12(18)7-11(13(16)19)20-15(4,5)6/h11H,7-9H2,1-6H3. The summed E-state index contributed by atoms with van der Waals surface area (Å²) in [4.78, 5) is 37.2. The summed E-state index contributed by atoms with van der Waals surface area (Å²) >= 11 is 1.50. The summed E-state index contributed by atoms with van der Waals surface area (Å²) in [6.07, 6.45) is 0.588. The Morgan fingerprint density at radius 1 is 1.20 bits per heavy atom. The van der Waals surface area contributed by atoms with Crippen molar-refractivity contribution < 1.29 is 14.4 Å². The number of Topliss-reactive ketones (excluding diaryl/α,β-unsaturated/α-hetero) is 1. The first-order valence-electron chi connectivity index (χ1n) is 6.93. The fourth-order valence-corrected chi connectivity index (χ4v) is 3.47. The average molecular weight is 299 g/mol. The lowest BCUT2D eigenvalue weighted by Gasteiger charge is -2.22. The Morgan fingerprint density at radius 2 is 1.75 bits per heavy atom. The Bertz CT molecular complexity index is 418. The molecule has 5 heteroatoms. The zero-order valence-electron chi connectivity index (χ0n) is 13.3. The van der Waals surface area contributed by atoms with Crippen LogP contribution in [0, 0.1) is 5.41 Å². The number of amides is 2. The van der Waals surface area contributed by atoms with Crippen molar-refractivity contribution in [2.45, 2.75) is 64.4 Å². The Labute approximate surface area is 125 Å². The largest absolute Gasteiger partial charge is 0.298 e. The van der Waals surface area contributed by atoms with Gasteiger partial charge in [-0.3, -0.25) is 19.3 Å². The summed E-state index contributed by atoms with van der Waals surface area (Å²) in [5.41, 5.74) is -0.123. The molecule has 4 nitrogen and oxygen atoms in total. The second-order valence-electron chi connectivity index (χ2n) is 7.52. The van der Waals surface area contributed by atoms with E-state index in [1.54, 1.807) is 0 Å². The molecule has 0 aromatic heterocycles. The van der Waals surface area contributed by atoms with E-state index in [0.29, 0.717) is 6.42 Å².